The molecule has 1 N–H and O–H groups in total. The van der Waals surface area contributed by atoms with Crippen molar-refractivity contribution in [2.45, 2.75) is 12.6 Å². The van der Waals surface area contributed by atoms with Crippen molar-refractivity contribution in [3.8, 4) is 5.19 Å². The zero-order chi connectivity index (χ0) is 11.6. The summed E-state index contributed by atoms with van der Waals surface area (Å²) in [6.07, 6.45) is -3.46. The van der Waals surface area contributed by atoms with Crippen LogP contribution in [0.2, 0.25) is 0 Å². The highest BCUT2D eigenvalue weighted by Gasteiger charge is 2.36. The topological polar surface area (TPSA) is 47.0 Å². The number of nitrogens with zero attached hydrogens (tertiary/aromatic N) is 2. The van der Waals surface area contributed by atoms with Gasteiger partial charge >= 0.3 is 6.18 Å². The van der Waals surface area contributed by atoms with Gasteiger partial charge in [0.2, 0.25) is 5.01 Å². The molecule has 1 unspecified atom stereocenters. The molecule has 0 aromatic carbocycles. The monoisotopic (exact) mass is 253 g/mol. The summed E-state index contributed by atoms with van der Waals surface area (Å²) in [5, 5.41) is 8.55. The van der Waals surface area contributed by atoms with Gasteiger partial charge in [-0.3, -0.25) is 0 Å². The standard InChI is InChI=1S/C8H10F3N3OS/c9-8(10,11)6-13-14-7(16-6)15-4-5-1-2-12-3-5/h5,12H,1-4H2. The number of aromatic nitrogens is 2. The summed E-state index contributed by atoms with van der Waals surface area (Å²) in [6.45, 7) is 2.16. The number of ether oxygens (including phenoxy) is 1. The van der Waals surface area contributed by atoms with Crippen molar-refractivity contribution >= 4 is 11.3 Å². The van der Waals surface area contributed by atoms with Gasteiger partial charge in [-0.25, -0.2) is 0 Å². The third-order valence-corrected chi connectivity index (χ3v) is 3.13. The molecule has 2 rings (SSSR count). The van der Waals surface area contributed by atoms with Gasteiger partial charge in [-0.1, -0.05) is 16.4 Å². The van der Waals surface area contributed by atoms with Gasteiger partial charge < -0.3 is 10.1 Å². The van der Waals surface area contributed by atoms with Crippen LogP contribution in [0.4, 0.5) is 13.2 Å². The molecule has 4 nitrogen and oxygen atoms in total. The van der Waals surface area contributed by atoms with E-state index in [1.165, 1.54) is 0 Å². The van der Waals surface area contributed by atoms with E-state index in [4.69, 9.17) is 4.74 Å². The van der Waals surface area contributed by atoms with Crippen LogP contribution < -0.4 is 10.1 Å². The Morgan fingerprint density at radius 3 is 2.81 bits per heavy atom. The van der Waals surface area contributed by atoms with Crippen molar-refractivity contribution in [1.82, 2.24) is 15.5 Å². The quantitative estimate of drug-likeness (QED) is 0.887. The van der Waals surface area contributed by atoms with Crippen LogP contribution in [0.15, 0.2) is 0 Å². The van der Waals surface area contributed by atoms with Crippen LogP contribution in [0.1, 0.15) is 11.4 Å². The van der Waals surface area contributed by atoms with E-state index >= 15 is 0 Å². The third-order valence-electron chi connectivity index (χ3n) is 2.25. The molecule has 1 aliphatic rings. The second-order valence-corrected chi connectivity index (χ2v) is 4.48. The highest BCUT2D eigenvalue weighted by Crippen LogP contribution is 2.33. The second kappa shape index (κ2) is 4.54. The molecule has 1 aromatic rings. The van der Waals surface area contributed by atoms with Crippen LogP contribution in [0.5, 0.6) is 5.19 Å². The van der Waals surface area contributed by atoms with E-state index in [9.17, 15) is 13.2 Å². The Bertz CT molecular complexity index is 349. The third kappa shape index (κ3) is 2.82. The van der Waals surface area contributed by atoms with Crippen LogP contribution in [0, 0.1) is 5.92 Å². The van der Waals surface area contributed by atoms with E-state index in [0.29, 0.717) is 23.9 Å². The minimum Gasteiger partial charge on any atom is -0.469 e. The number of alkyl halides is 3. The van der Waals surface area contributed by atoms with E-state index in [1.807, 2.05) is 0 Å². The van der Waals surface area contributed by atoms with Gasteiger partial charge in [-0.15, -0.1) is 5.10 Å². The Morgan fingerprint density at radius 1 is 1.44 bits per heavy atom. The van der Waals surface area contributed by atoms with Gasteiger partial charge in [0.05, 0.1) is 6.61 Å². The first-order valence-corrected chi connectivity index (χ1v) is 5.61. The number of rotatable bonds is 3. The molecular formula is C8H10F3N3OS. The molecule has 1 atom stereocenters. The van der Waals surface area contributed by atoms with Crippen molar-refractivity contribution in [3.63, 3.8) is 0 Å². The van der Waals surface area contributed by atoms with Crippen LogP contribution in [-0.4, -0.2) is 29.9 Å². The Morgan fingerprint density at radius 2 is 2.25 bits per heavy atom. The molecule has 1 fully saturated rings. The second-order valence-electron chi connectivity index (χ2n) is 3.54. The number of nitrogens with one attached hydrogen (secondary N) is 1. The van der Waals surface area contributed by atoms with Gasteiger partial charge in [0.25, 0.3) is 5.19 Å². The SMILES string of the molecule is FC(F)(F)c1nnc(OCC2CCNC2)s1. The van der Waals surface area contributed by atoms with Gasteiger partial charge in [-0.2, -0.15) is 13.2 Å². The Balaban J connectivity index is 1.87. The fourth-order valence-corrected chi connectivity index (χ4v) is 2.00. The zero-order valence-electron chi connectivity index (χ0n) is 8.25. The number of hydrogen-bond donors (Lipinski definition) is 1. The van der Waals surface area contributed by atoms with Gasteiger partial charge in [-0.05, 0) is 13.0 Å². The summed E-state index contributed by atoms with van der Waals surface area (Å²) in [5.74, 6) is 0.346. The lowest BCUT2D eigenvalue weighted by molar-refractivity contribution is -0.138. The molecule has 0 bridgehead atoms. The largest absolute Gasteiger partial charge is 0.469 e. The molecular weight excluding hydrogens is 243 g/mol. The summed E-state index contributed by atoms with van der Waals surface area (Å²) in [6, 6.07) is 0. The molecule has 0 spiro atoms. The fraction of sp³-hybridized carbons (Fsp3) is 0.750. The smallest absolute Gasteiger partial charge is 0.445 e. The van der Waals surface area contributed by atoms with Crippen molar-refractivity contribution in [2.24, 2.45) is 5.92 Å². The maximum absolute atomic E-state index is 12.2. The molecule has 1 saturated heterocycles. The van der Waals surface area contributed by atoms with Crippen molar-refractivity contribution in [2.75, 3.05) is 19.7 Å². The fourth-order valence-electron chi connectivity index (χ4n) is 1.43. The van der Waals surface area contributed by atoms with E-state index in [-0.39, 0.29) is 5.19 Å². The minimum atomic E-state index is -4.44. The first-order chi connectivity index (χ1) is 7.55. The van der Waals surface area contributed by atoms with Crippen molar-refractivity contribution in [3.05, 3.63) is 5.01 Å². The maximum Gasteiger partial charge on any atom is 0.445 e. The zero-order valence-corrected chi connectivity index (χ0v) is 9.07. The van der Waals surface area contributed by atoms with Crippen molar-refractivity contribution < 1.29 is 17.9 Å². The predicted octanol–water partition coefficient (Wildman–Crippen LogP) is 1.55. The Labute approximate surface area is 93.8 Å². The average Bonchev–Trinajstić information content (AvgIpc) is 2.85. The molecule has 0 amide bonds. The van der Waals surface area contributed by atoms with E-state index in [2.05, 4.69) is 15.5 Å². The molecule has 8 heteroatoms. The summed E-state index contributed by atoms with van der Waals surface area (Å²) < 4.78 is 41.7. The lowest BCUT2D eigenvalue weighted by Crippen LogP contribution is -2.15. The lowest BCUT2D eigenvalue weighted by atomic mass is 10.1. The predicted molar refractivity (Wildman–Crippen MR) is 51.4 cm³/mol. The number of hydrogen-bond acceptors (Lipinski definition) is 5. The first kappa shape index (κ1) is 11.6. The molecule has 2 heterocycles. The molecule has 90 valence electrons. The minimum absolute atomic E-state index is 0.0146. The lowest BCUT2D eigenvalue weighted by Gasteiger charge is -2.06. The van der Waals surface area contributed by atoms with E-state index < -0.39 is 11.2 Å². The molecule has 0 aliphatic carbocycles. The summed E-state index contributed by atoms with van der Waals surface area (Å²) in [7, 11) is 0. The average molecular weight is 253 g/mol. The van der Waals surface area contributed by atoms with Crippen LogP contribution in [-0.2, 0) is 6.18 Å². The summed E-state index contributed by atoms with van der Waals surface area (Å²) in [4.78, 5) is 0. The molecule has 1 aromatic heterocycles. The van der Waals surface area contributed by atoms with Gasteiger partial charge in [0.15, 0.2) is 0 Å². The van der Waals surface area contributed by atoms with Crippen LogP contribution in [0.25, 0.3) is 0 Å². The first-order valence-electron chi connectivity index (χ1n) is 4.80. The highest BCUT2D eigenvalue weighted by atomic mass is 32.1. The van der Waals surface area contributed by atoms with Gasteiger partial charge in [0, 0.05) is 12.5 Å². The molecule has 0 saturated carbocycles. The van der Waals surface area contributed by atoms with Crippen LogP contribution in [0.3, 0.4) is 0 Å². The van der Waals surface area contributed by atoms with E-state index in [1.54, 1.807) is 0 Å². The number of halogens is 3. The van der Waals surface area contributed by atoms with Crippen molar-refractivity contribution in [1.29, 1.82) is 0 Å². The normalized spacial score (nSPS) is 21.3. The molecule has 0 radical (unpaired) electrons. The summed E-state index contributed by atoms with van der Waals surface area (Å²) >= 11 is 0.433. The molecule has 1 aliphatic heterocycles. The van der Waals surface area contributed by atoms with E-state index in [0.717, 1.165) is 19.5 Å². The van der Waals surface area contributed by atoms with Crippen LogP contribution >= 0.6 is 11.3 Å². The molecule has 16 heavy (non-hydrogen) atoms. The maximum atomic E-state index is 12.2. The Hall–Kier alpha value is -0.890. The highest BCUT2D eigenvalue weighted by molar-refractivity contribution is 7.13. The summed E-state index contributed by atoms with van der Waals surface area (Å²) in [5.41, 5.74) is 0. The van der Waals surface area contributed by atoms with Gasteiger partial charge in [0.1, 0.15) is 0 Å². The Kier molecular flexibility index (Phi) is 3.29.